The topological polar surface area (TPSA) is 20.2 Å². The quantitative estimate of drug-likeness (QED) is 0.245. The molecule has 0 spiro atoms. The molecule has 0 aliphatic heterocycles. The van der Waals surface area contributed by atoms with E-state index in [9.17, 15) is 5.11 Å². The van der Waals surface area contributed by atoms with Crippen molar-refractivity contribution < 1.29 is 5.11 Å². The van der Waals surface area contributed by atoms with Gasteiger partial charge in [0, 0.05) is 5.41 Å². The van der Waals surface area contributed by atoms with Crippen molar-refractivity contribution in [3.63, 3.8) is 0 Å². The van der Waals surface area contributed by atoms with Crippen LogP contribution in [0.4, 0.5) is 0 Å². The average Bonchev–Trinajstić information content (AvgIpc) is 2.94. The van der Waals surface area contributed by atoms with E-state index in [1.165, 1.54) is 75.1 Å². The van der Waals surface area contributed by atoms with Crippen molar-refractivity contribution in [2.45, 2.75) is 19.8 Å². The summed E-state index contributed by atoms with van der Waals surface area (Å²) in [4.78, 5) is 0. The summed E-state index contributed by atoms with van der Waals surface area (Å²) in [5.41, 5.74) is -0.134. The van der Waals surface area contributed by atoms with E-state index in [-0.39, 0.29) is 12.0 Å². The summed E-state index contributed by atoms with van der Waals surface area (Å²) in [5, 5.41) is 27.9. The van der Waals surface area contributed by atoms with Crippen molar-refractivity contribution in [3.05, 3.63) is 107 Å². The molecule has 38 heavy (non-hydrogen) atoms. The smallest absolute Gasteiger partial charge is 0.0525 e. The zero-order valence-corrected chi connectivity index (χ0v) is 21.5. The normalized spacial score (nSPS) is 17.3. The predicted molar refractivity (Wildman–Crippen MR) is 164 cm³/mol. The number of hydrogen-bond donors (Lipinski definition) is 1. The van der Waals surface area contributed by atoms with Gasteiger partial charge in [-0.15, -0.1) is 0 Å². The van der Waals surface area contributed by atoms with Gasteiger partial charge in [-0.1, -0.05) is 43.3 Å². The van der Waals surface area contributed by atoms with Gasteiger partial charge in [-0.3, -0.25) is 0 Å². The Morgan fingerprint density at radius 2 is 0.895 bits per heavy atom. The highest BCUT2D eigenvalue weighted by molar-refractivity contribution is 6.11. The molecule has 1 nitrogen and oxygen atoms in total. The van der Waals surface area contributed by atoms with Gasteiger partial charge in [-0.2, -0.15) is 0 Å². The van der Waals surface area contributed by atoms with Crippen molar-refractivity contribution in [1.29, 1.82) is 0 Å². The number of aliphatic hydroxyl groups is 1. The van der Waals surface area contributed by atoms with Gasteiger partial charge in [-0.05, 0) is 161 Å². The molecule has 7 aromatic carbocycles. The van der Waals surface area contributed by atoms with E-state index >= 15 is 0 Å². The maximum atomic E-state index is 10.1. The van der Waals surface area contributed by atoms with Gasteiger partial charge in [0.15, 0.2) is 0 Å². The SMILES string of the molecule is CCC1(CO)C=c2cc3cc4cc5cc6cc7cc8ccccc8cc7cc6cc5cc4cc3cc2=CC1. The summed E-state index contributed by atoms with van der Waals surface area (Å²) in [6, 6.07) is 36.5. The van der Waals surface area contributed by atoms with Crippen LogP contribution >= 0.6 is 0 Å². The van der Waals surface area contributed by atoms with Gasteiger partial charge >= 0.3 is 0 Å². The Morgan fingerprint density at radius 3 is 1.29 bits per heavy atom. The number of rotatable bonds is 2. The monoisotopic (exact) mass is 488 g/mol. The van der Waals surface area contributed by atoms with Crippen molar-refractivity contribution in [2.75, 3.05) is 6.61 Å². The molecule has 0 radical (unpaired) electrons. The van der Waals surface area contributed by atoms with Gasteiger partial charge in [0.05, 0.1) is 6.61 Å². The second-order valence-corrected chi connectivity index (χ2v) is 11.3. The minimum Gasteiger partial charge on any atom is -0.395 e. The Balaban J connectivity index is 1.34. The fourth-order valence-corrected chi connectivity index (χ4v) is 6.51. The van der Waals surface area contributed by atoms with Crippen LogP contribution in [0.25, 0.3) is 76.8 Å². The zero-order valence-electron chi connectivity index (χ0n) is 21.5. The van der Waals surface area contributed by atoms with Crippen LogP contribution in [0.1, 0.15) is 19.8 Å². The Hall–Kier alpha value is -4.20. The average molecular weight is 489 g/mol. The van der Waals surface area contributed by atoms with E-state index in [1.807, 2.05) is 0 Å². The molecule has 1 unspecified atom stereocenters. The fourth-order valence-electron chi connectivity index (χ4n) is 6.51. The molecule has 1 N–H and O–H groups in total. The summed E-state index contributed by atoms with van der Waals surface area (Å²) in [7, 11) is 0. The first-order chi connectivity index (χ1) is 18.6. The molecule has 0 aromatic heterocycles. The molecule has 1 heteroatoms. The lowest BCUT2D eigenvalue weighted by atomic mass is 9.78. The van der Waals surface area contributed by atoms with E-state index in [1.54, 1.807) is 0 Å². The van der Waals surface area contributed by atoms with Crippen molar-refractivity contribution in [2.24, 2.45) is 5.41 Å². The van der Waals surface area contributed by atoms with E-state index in [0.717, 1.165) is 12.8 Å². The first-order valence-electron chi connectivity index (χ1n) is 13.6. The summed E-state index contributed by atoms with van der Waals surface area (Å²) in [6.07, 6.45) is 6.44. The van der Waals surface area contributed by atoms with E-state index in [0.29, 0.717) is 0 Å². The van der Waals surface area contributed by atoms with Crippen molar-refractivity contribution in [1.82, 2.24) is 0 Å². The maximum Gasteiger partial charge on any atom is 0.0525 e. The fraction of sp³-hybridized carbons (Fsp3) is 0.135. The Morgan fingerprint density at radius 1 is 0.526 bits per heavy atom. The number of benzene rings is 7. The van der Waals surface area contributed by atoms with Gasteiger partial charge in [-0.25, -0.2) is 0 Å². The third kappa shape index (κ3) is 3.29. The summed E-state index contributed by atoms with van der Waals surface area (Å²) in [5.74, 6) is 0. The van der Waals surface area contributed by atoms with Crippen LogP contribution in [0.3, 0.4) is 0 Å². The van der Waals surface area contributed by atoms with Gasteiger partial charge < -0.3 is 5.11 Å². The van der Waals surface area contributed by atoms with Crippen molar-refractivity contribution in [3.8, 4) is 0 Å². The molecule has 8 rings (SSSR count). The Bertz CT molecular complexity index is 2230. The first-order valence-corrected chi connectivity index (χ1v) is 13.6. The van der Waals surface area contributed by atoms with Crippen LogP contribution in [0.2, 0.25) is 0 Å². The van der Waals surface area contributed by atoms with Gasteiger partial charge in [0.1, 0.15) is 0 Å². The Kier molecular flexibility index (Phi) is 4.54. The highest BCUT2D eigenvalue weighted by Crippen LogP contribution is 2.34. The van der Waals surface area contributed by atoms with Gasteiger partial charge in [0.25, 0.3) is 0 Å². The molecule has 1 aliphatic carbocycles. The van der Waals surface area contributed by atoms with E-state index in [4.69, 9.17) is 0 Å². The zero-order chi connectivity index (χ0) is 25.4. The third-order valence-electron chi connectivity index (χ3n) is 8.94. The predicted octanol–water partition coefficient (Wildman–Crippen LogP) is 7.96. The van der Waals surface area contributed by atoms with Gasteiger partial charge in [0.2, 0.25) is 0 Å². The molecule has 0 fully saturated rings. The molecule has 182 valence electrons. The second-order valence-electron chi connectivity index (χ2n) is 11.3. The summed E-state index contributed by atoms with van der Waals surface area (Å²) >= 11 is 0. The molecule has 1 atom stereocenters. The lowest BCUT2D eigenvalue weighted by Gasteiger charge is -2.28. The van der Waals surface area contributed by atoms with Crippen LogP contribution in [-0.4, -0.2) is 11.7 Å². The van der Waals surface area contributed by atoms with E-state index in [2.05, 4.69) is 116 Å². The minimum atomic E-state index is -0.134. The summed E-state index contributed by atoms with van der Waals surface area (Å²) < 4.78 is 0. The molecular weight excluding hydrogens is 460 g/mol. The standard InChI is InChI=1S/C37H28O/c1-2-37(22-38)8-7-25-11-28-14-31-17-32-15-29-12-26-9-23-5-3-4-6-24(23)10-27(26)13-30(29)16-33(32)18-34(31)19-35(28)20-36(25)21-37/h3-7,9-21,38H,2,8,22H2,1H3. The largest absolute Gasteiger partial charge is 0.395 e. The lowest BCUT2D eigenvalue weighted by Crippen LogP contribution is -2.35. The maximum absolute atomic E-state index is 10.1. The third-order valence-corrected chi connectivity index (χ3v) is 8.94. The molecule has 0 amide bonds. The van der Waals surface area contributed by atoms with Crippen LogP contribution in [0.15, 0.2) is 97.1 Å². The molecular formula is C37H28O. The lowest BCUT2D eigenvalue weighted by molar-refractivity contribution is 0.181. The molecule has 0 heterocycles. The molecule has 0 bridgehead atoms. The van der Waals surface area contributed by atoms with E-state index < -0.39 is 0 Å². The van der Waals surface area contributed by atoms with Crippen LogP contribution in [0, 0.1) is 5.41 Å². The second kappa shape index (κ2) is 7.90. The summed E-state index contributed by atoms with van der Waals surface area (Å²) in [6.45, 7) is 2.36. The Labute approximate surface area is 220 Å². The highest BCUT2D eigenvalue weighted by Gasteiger charge is 2.25. The molecule has 0 saturated heterocycles. The molecule has 1 aliphatic rings. The highest BCUT2D eigenvalue weighted by atomic mass is 16.3. The molecule has 7 aromatic rings. The van der Waals surface area contributed by atoms with Crippen LogP contribution in [-0.2, 0) is 0 Å². The van der Waals surface area contributed by atoms with Crippen molar-refractivity contribution >= 4 is 76.8 Å². The number of hydrogen-bond acceptors (Lipinski definition) is 1. The number of aliphatic hydroxyl groups excluding tert-OH is 1. The molecule has 0 saturated carbocycles. The van der Waals surface area contributed by atoms with Crippen LogP contribution < -0.4 is 10.4 Å². The minimum absolute atomic E-state index is 0.134. The number of fused-ring (bicyclic) bond motifs is 7. The first kappa shape index (κ1) is 21.8. The van der Waals surface area contributed by atoms with Crippen LogP contribution in [0.5, 0.6) is 0 Å².